The highest BCUT2D eigenvalue weighted by atomic mass is 79.9. The molecule has 4 heteroatoms. The van der Waals surface area contributed by atoms with Crippen molar-refractivity contribution in [3.05, 3.63) is 28.2 Å². The lowest BCUT2D eigenvalue weighted by molar-refractivity contribution is 0.0939. The number of nitrogens with two attached hydrogens (primary N) is 1. The summed E-state index contributed by atoms with van der Waals surface area (Å²) in [5.74, 6) is -0.0945. The highest BCUT2D eigenvalue weighted by Gasteiger charge is 2.13. The molecule has 0 unspecified atom stereocenters. The number of anilines is 1. The third-order valence-electron chi connectivity index (χ3n) is 1.96. The van der Waals surface area contributed by atoms with Gasteiger partial charge in [-0.1, -0.05) is 36.7 Å². The Hall–Kier alpha value is -1.03. The minimum Gasteiger partial charge on any atom is -0.399 e. The van der Waals surface area contributed by atoms with E-state index in [1.165, 1.54) is 0 Å². The second-order valence-electron chi connectivity index (χ2n) is 5.02. The minimum absolute atomic E-state index is 0.0766. The smallest absolute Gasteiger partial charge is 0.251 e. The summed E-state index contributed by atoms with van der Waals surface area (Å²) in [6.45, 7) is 6.85. The van der Waals surface area contributed by atoms with E-state index in [1.54, 1.807) is 18.2 Å². The van der Waals surface area contributed by atoms with E-state index in [0.29, 0.717) is 17.8 Å². The molecule has 0 aromatic heterocycles. The van der Waals surface area contributed by atoms with Gasteiger partial charge >= 0.3 is 0 Å². The maximum atomic E-state index is 11.8. The fourth-order valence-electron chi connectivity index (χ4n) is 1.19. The van der Waals surface area contributed by atoms with Crippen LogP contribution in [0.1, 0.15) is 31.1 Å². The van der Waals surface area contributed by atoms with Crippen molar-refractivity contribution in [2.24, 2.45) is 5.41 Å². The molecule has 1 aromatic carbocycles. The Labute approximate surface area is 105 Å². The van der Waals surface area contributed by atoms with E-state index in [9.17, 15) is 4.79 Å². The normalized spacial score (nSPS) is 11.2. The third kappa shape index (κ3) is 4.23. The molecule has 1 rings (SSSR count). The van der Waals surface area contributed by atoms with Crippen LogP contribution in [-0.2, 0) is 0 Å². The van der Waals surface area contributed by atoms with Gasteiger partial charge in [-0.25, -0.2) is 0 Å². The van der Waals surface area contributed by atoms with Crippen molar-refractivity contribution in [1.29, 1.82) is 0 Å². The molecular weight excluding hydrogens is 268 g/mol. The zero-order valence-corrected chi connectivity index (χ0v) is 11.4. The molecule has 0 heterocycles. The van der Waals surface area contributed by atoms with E-state index >= 15 is 0 Å². The molecule has 0 spiro atoms. The Balaban J connectivity index is 2.73. The molecule has 88 valence electrons. The monoisotopic (exact) mass is 284 g/mol. The first kappa shape index (κ1) is 13.0. The zero-order chi connectivity index (χ0) is 12.3. The van der Waals surface area contributed by atoms with E-state index in [1.807, 2.05) is 0 Å². The van der Waals surface area contributed by atoms with Crippen LogP contribution in [0.3, 0.4) is 0 Å². The van der Waals surface area contributed by atoms with Crippen molar-refractivity contribution in [2.75, 3.05) is 12.3 Å². The first-order valence-electron chi connectivity index (χ1n) is 5.12. The van der Waals surface area contributed by atoms with E-state index in [-0.39, 0.29) is 11.3 Å². The van der Waals surface area contributed by atoms with Gasteiger partial charge in [-0.2, -0.15) is 0 Å². The van der Waals surface area contributed by atoms with Crippen LogP contribution in [0.25, 0.3) is 0 Å². The summed E-state index contributed by atoms with van der Waals surface area (Å²) in [5.41, 5.74) is 6.90. The first-order valence-corrected chi connectivity index (χ1v) is 5.91. The lowest BCUT2D eigenvalue weighted by atomic mass is 9.97. The number of carbonyl (C=O) groups is 1. The molecule has 0 saturated carbocycles. The minimum atomic E-state index is -0.0945. The zero-order valence-electron chi connectivity index (χ0n) is 9.80. The SMILES string of the molecule is CC(C)(C)CNC(=O)c1cc(N)cc(Br)c1. The second kappa shape index (κ2) is 4.87. The molecule has 0 bridgehead atoms. The van der Waals surface area contributed by atoms with Gasteiger partial charge in [-0.05, 0) is 23.6 Å². The first-order chi connectivity index (χ1) is 7.28. The van der Waals surface area contributed by atoms with Crippen LogP contribution in [0.2, 0.25) is 0 Å². The van der Waals surface area contributed by atoms with Crippen molar-refractivity contribution in [3.63, 3.8) is 0 Å². The van der Waals surface area contributed by atoms with Crippen LogP contribution >= 0.6 is 15.9 Å². The van der Waals surface area contributed by atoms with Gasteiger partial charge in [0.1, 0.15) is 0 Å². The molecular formula is C12H17BrN2O. The standard InChI is InChI=1S/C12H17BrN2O/c1-12(2,3)7-15-11(16)8-4-9(13)6-10(14)5-8/h4-6H,7,14H2,1-3H3,(H,15,16). The van der Waals surface area contributed by atoms with Crippen molar-refractivity contribution in [2.45, 2.75) is 20.8 Å². The number of carbonyl (C=O) groups excluding carboxylic acids is 1. The Morgan fingerprint density at radius 1 is 1.38 bits per heavy atom. The predicted molar refractivity (Wildman–Crippen MR) is 70.3 cm³/mol. The Morgan fingerprint density at radius 2 is 2.00 bits per heavy atom. The van der Waals surface area contributed by atoms with Gasteiger partial charge in [0.25, 0.3) is 5.91 Å². The Kier molecular flexibility index (Phi) is 3.97. The Morgan fingerprint density at radius 3 is 2.50 bits per heavy atom. The lowest BCUT2D eigenvalue weighted by Crippen LogP contribution is -2.32. The van der Waals surface area contributed by atoms with Crippen LogP contribution in [0.15, 0.2) is 22.7 Å². The quantitative estimate of drug-likeness (QED) is 0.821. The summed E-state index contributed by atoms with van der Waals surface area (Å²) in [4.78, 5) is 11.8. The molecule has 0 atom stereocenters. The number of halogens is 1. The topological polar surface area (TPSA) is 55.1 Å². The molecule has 0 aliphatic carbocycles. The lowest BCUT2D eigenvalue weighted by Gasteiger charge is -2.18. The number of rotatable bonds is 2. The number of hydrogen-bond donors (Lipinski definition) is 2. The van der Waals surface area contributed by atoms with Gasteiger partial charge in [0.05, 0.1) is 0 Å². The van der Waals surface area contributed by atoms with Gasteiger partial charge in [0.15, 0.2) is 0 Å². The number of benzene rings is 1. The molecule has 0 aliphatic rings. The number of hydrogen-bond acceptors (Lipinski definition) is 2. The highest BCUT2D eigenvalue weighted by molar-refractivity contribution is 9.10. The van der Waals surface area contributed by atoms with Gasteiger partial charge in [0, 0.05) is 22.3 Å². The molecule has 1 amide bonds. The van der Waals surface area contributed by atoms with Crippen molar-refractivity contribution in [3.8, 4) is 0 Å². The maximum Gasteiger partial charge on any atom is 0.251 e. The van der Waals surface area contributed by atoms with E-state index < -0.39 is 0 Å². The molecule has 0 saturated heterocycles. The molecule has 3 N–H and O–H groups in total. The summed E-state index contributed by atoms with van der Waals surface area (Å²) in [6.07, 6.45) is 0. The van der Waals surface area contributed by atoms with Gasteiger partial charge in [0.2, 0.25) is 0 Å². The van der Waals surface area contributed by atoms with Crippen molar-refractivity contribution >= 4 is 27.5 Å². The van der Waals surface area contributed by atoms with Crippen molar-refractivity contribution < 1.29 is 4.79 Å². The van der Waals surface area contributed by atoms with Crippen molar-refractivity contribution in [1.82, 2.24) is 5.32 Å². The fourth-order valence-corrected chi connectivity index (χ4v) is 1.70. The average molecular weight is 285 g/mol. The molecule has 0 radical (unpaired) electrons. The number of amides is 1. The van der Waals surface area contributed by atoms with Crippen LogP contribution in [-0.4, -0.2) is 12.5 Å². The largest absolute Gasteiger partial charge is 0.399 e. The molecule has 1 aromatic rings. The summed E-state index contributed by atoms with van der Waals surface area (Å²) in [5, 5.41) is 2.88. The van der Waals surface area contributed by atoms with E-state index in [2.05, 4.69) is 42.0 Å². The average Bonchev–Trinajstić information content (AvgIpc) is 2.11. The third-order valence-corrected chi connectivity index (χ3v) is 2.42. The molecule has 0 fully saturated rings. The highest BCUT2D eigenvalue weighted by Crippen LogP contribution is 2.17. The second-order valence-corrected chi connectivity index (χ2v) is 5.93. The number of nitrogen functional groups attached to an aromatic ring is 1. The van der Waals surface area contributed by atoms with Crippen LogP contribution in [0.4, 0.5) is 5.69 Å². The summed E-state index contributed by atoms with van der Waals surface area (Å²) >= 11 is 3.31. The van der Waals surface area contributed by atoms with Crippen LogP contribution < -0.4 is 11.1 Å². The fraction of sp³-hybridized carbons (Fsp3) is 0.417. The van der Waals surface area contributed by atoms with Gasteiger partial charge in [-0.3, -0.25) is 4.79 Å². The van der Waals surface area contributed by atoms with E-state index in [4.69, 9.17) is 5.73 Å². The predicted octanol–water partition coefficient (Wildman–Crippen LogP) is 2.81. The summed E-state index contributed by atoms with van der Waals surface area (Å²) in [6, 6.07) is 5.19. The maximum absolute atomic E-state index is 11.8. The van der Waals surface area contributed by atoms with Gasteiger partial charge in [-0.15, -0.1) is 0 Å². The van der Waals surface area contributed by atoms with Crippen LogP contribution in [0, 0.1) is 5.41 Å². The molecule has 3 nitrogen and oxygen atoms in total. The van der Waals surface area contributed by atoms with Crippen LogP contribution in [0.5, 0.6) is 0 Å². The molecule has 0 aliphatic heterocycles. The summed E-state index contributed by atoms with van der Waals surface area (Å²) in [7, 11) is 0. The number of nitrogens with one attached hydrogen (secondary N) is 1. The van der Waals surface area contributed by atoms with E-state index in [0.717, 1.165) is 4.47 Å². The Bertz CT molecular complexity index is 376. The molecule has 16 heavy (non-hydrogen) atoms. The summed E-state index contributed by atoms with van der Waals surface area (Å²) < 4.78 is 0.813. The van der Waals surface area contributed by atoms with Gasteiger partial charge < -0.3 is 11.1 Å².